The quantitative estimate of drug-likeness (QED) is 0.522. The van der Waals surface area contributed by atoms with Gasteiger partial charge in [0.25, 0.3) is 0 Å². The zero-order valence-corrected chi connectivity index (χ0v) is 20.3. The summed E-state index contributed by atoms with van der Waals surface area (Å²) in [6.07, 6.45) is 3.28. The molecule has 9 heteroatoms. The molecule has 2 saturated heterocycles. The Bertz CT molecular complexity index is 1010. The van der Waals surface area contributed by atoms with E-state index in [1.54, 1.807) is 4.90 Å². The Kier molecular flexibility index (Phi) is 8.74. The fourth-order valence-corrected chi connectivity index (χ4v) is 4.52. The Balaban J connectivity index is 1.39. The van der Waals surface area contributed by atoms with Gasteiger partial charge in [0.05, 0.1) is 32.6 Å². The smallest absolute Gasteiger partial charge is 0.226 e. The molecule has 4 rings (SSSR count). The third-order valence-electron chi connectivity index (χ3n) is 6.50. The highest BCUT2D eigenvalue weighted by Gasteiger charge is 2.42. The number of hydrogen-bond donors (Lipinski definition) is 0. The van der Waals surface area contributed by atoms with E-state index in [9.17, 15) is 18.4 Å². The van der Waals surface area contributed by atoms with Crippen molar-refractivity contribution in [1.29, 1.82) is 0 Å². The summed E-state index contributed by atoms with van der Waals surface area (Å²) in [7, 11) is 0. The van der Waals surface area contributed by atoms with Crippen LogP contribution in [0.25, 0.3) is 0 Å². The molecule has 0 aliphatic carbocycles. The SMILES string of the molecule is O=C(CC1(COc2ccc(F)cc2)CN(C(=O)CCOc2ccc(F)cc2)CCO1)N1CCCCC1. The zero-order chi connectivity index (χ0) is 25.4. The van der Waals surface area contributed by atoms with E-state index in [0.29, 0.717) is 18.0 Å². The summed E-state index contributed by atoms with van der Waals surface area (Å²) in [4.78, 5) is 29.7. The van der Waals surface area contributed by atoms with Crippen molar-refractivity contribution in [3.63, 3.8) is 0 Å². The number of morpholine rings is 1. The average molecular weight is 503 g/mol. The number of halogens is 2. The van der Waals surface area contributed by atoms with Gasteiger partial charge >= 0.3 is 0 Å². The lowest BCUT2D eigenvalue weighted by molar-refractivity contribution is -0.166. The van der Waals surface area contributed by atoms with Crippen LogP contribution in [-0.2, 0) is 14.3 Å². The van der Waals surface area contributed by atoms with Gasteiger partial charge in [-0.05, 0) is 67.8 Å². The number of hydrogen-bond acceptors (Lipinski definition) is 5. The molecule has 2 aliphatic heterocycles. The lowest BCUT2D eigenvalue weighted by Crippen LogP contribution is -2.58. The van der Waals surface area contributed by atoms with Gasteiger partial charge in [-0.2, -0.15) is 0 Å². The van der Waals surface area contributed by atoms with E-state index in [1.165, 1.54) is 48.5 Å². The Labute approximate surface area is 209 Å². The number of ether oxygens (including phenoxy) is 3. The van der Waals surface area contributed by atoms with Crippen LogP contribution in [0, 0.1) is 11.6 Å². The summed E-state index contributed by atoms with van der Waals surface area (Å²) in [5, 5.41) is 0. The molecule has 2 aliphatic rings. The molecule has 0 radical (unpaired) electrons. The van der Waals surface area contributed by atoms with E-state index in [4.69, 9.17) is 14.2 Å². The van der Waals surface area contributed by atoms with Crippen molar-refractivity contribution in [3.05, 3.63) is 60.2 Å². The first-order chi connectivity index (χ1) is 17.4. The highest BCUT2D eigenvalue weighted by Crippen LogP contribution is 2.27. The van der Waals surface area contributed by atoms with Crippen LogP contribution in [0.4, 0.5) is 8.78 Å². The monoisotopic (exact) mass is 502 g/mol. The van der Waals surface area contributed by atoms with E-state index in [0.717, 1.165) is 32.4 Å². The van der Waals surface area contributed by atoms with Gasteiger partial charge in [0.2, 0.25) is 11.8 Å². The maximum Gasteiger partial charge on any atom is 0.226 e. The maximum absolute atomic E-state index is 13.3. The van der Waals surface area contributed by atoms with E-state index in [1.807, 2.05) is 4.90 Å². The van der Waals surface area contributed by atoms with Gasteiger partial charge in [-0.3, -0.25) is 9.59 Å². The Morgan fingerprint density at radius 2 is 1.42 bits per heavy atom. The van der Waals surface area contributed by atoms with Gasteiger partial charge in [-0.1, -0.05) is 0 Å². The van der Waals surface area contributed by atoms with Crippen molar-refractivity contribution in [1.82, 2.24) is 9.80 Å². The number of carbonyl (C=O) groups is 2. The maximum atomic E-state index is 13.3. The third kappa shape index (κ3) is 7.16. The Morgan fingerprint density at radius 3 is 2.06 bits per heavy atom. The summed E-state index contributed by atoms with van der Waals surface area (Å²) in [6.45, 7) is 2.50. The fourth-order valence-electron chi connectivity index (χ4n) is 4.52. The van der Waals surface area contributed by atoms with Crippen molar-refractivity contribution in [2.75, 3.05) is 46.0 Å². The summed E-state index contributed by atoms with van der Waals surface area (Å²) in [5.74, 6) is 0.0700. The van der Waals surface area contributed by atoms with E-state index < -0.39 is 5.60 Å². The number of rotatable bonds is 9. The number of likely N-dealkylation sites (tertiary alicyclic amines) is 1. The Hall–Kier alpha value is -3.20. The first-order valence-corrected chi connectivity index (χ1v) is 12.4. The second kappa shape index (κ2) is 12.2. The van der Waals surface area contributed by atoms with Gasteiger partial charge < -0.3 is 24.0 Å². The largest absolute Gasteiger partial charge is 0.493 e. The molecule has 2 aromatic rings. The standard InChI is InChI=1S/C27H32F2N2O5/c28-21-4-8-23(9-5-21)34-16-12-25(32)31-15-17-36-27(19-31,18-26(33)30-13-2-1-3-14-30)20-35-24-10-6-22(29)7-11-24/h4-11H,1-3,12-20H2. The van der Waals surface area contributed by atoms with Gasteiger partial charge in [0.1, 0.15) is 35.3 Å². The molecule has 36 heavy (non-hydrogen) atoms. The van der Waals surface area contributed by atoms with Gasteiger partial charge in [0, 0.05) is 19.6 Å². The molecule has 7 nitrogen and oxygen atoms in total. The van der Waals surface area contributed by atoms with Crippen LogP contribution in [0.2, 0.25) is 0 Å². The van der Waals surface area contributed by atoms with Crippen molar-refractivity contribution < 1.29 is 32.6 Å². The summed E-state index contributed by atoms with van der Waals surface area (Å²) in [6, 6.07) is 11.3. The van der Waals surface area contributed by atoms with Crippen LogP contribution in [0.5, 0.6) is 11.5 Å². The summed E-state index contributed by atoms with van der Waals surface area (Å²) < 4.78 is 44.0. The van der Waals surface area contributed by atoms with Crippen LogP contribution in [0.3, 0.4) is 0 Å². The molecule has 0 aromatic heterocycles. The first-order valence-electron chi connectivity index (χ1n) is 12.4. The van der Waals surface area contributed by atoms with Gasteiger partial charge in [-0.25, -0.2) is 8.78 Å². The molecule has 1 unspecified atom stereocenters. The molecule has 2 amide bonds. The second-order valence-corrected chi connectivity index (χ2v) is 9.26. The number of carbonyl (C=O) groups excluding carboxylic acids is 2. The number of nitrogens with zero attached hydrogens (tertiary/aromatic N) is 2. The van der Waals surface area contributed by atoms with Crippen molar-refractivity contribution in [2.24, 2.45) is 0 Å². The molecule has 0 N–H and O–H groups in total. The predicted octanol–water partition coefficient (Wildman–Crippen LogP) is 3.81. The molecule has 0 spiro atoms. The van der Waals surface area contributed by atoms with Crippen LogP contribution in [0.1, 0.15) is 32.1 Å². The summed E-state index contributed by atoms with van der Waals surface area (Å²) >= 11 is 0. The van der Waals surface area contributed by atoms with E-state index in [-0.39, 0.29) is 62.7 Å². The minimum absolute atomic E-state index is 0.0219. The van der Waals surface area contributed by atoms with Crippen molar-refractivity contribution >= 4 is 11.8 Å². The van der Waals surface area contributed by atoms with E-state index in [2.05, 4.69) is 0 Å². The van der Waals surface area contributed by atoms with Crippen LogP contribution >= 0.6 is 0 Å². The minimum Gasteiger partial charge on any atom is -0.493 e. The van der Waals surface area contributed by atoms with Crippen LogP contribution < -0.4 is 9.47 Å². The molecular formula is C27H32F2N2O5. The van der Waals surface area contributed by atoms with Crippen LogP contribution in [-0.4, -0.2) is 73.2 Å². The fraction of sp³-hybridized carbons (Fsp3) is 0.481. The molecule has 0 bridgehead atoms. The van der Waals surface area contributed by atoms with Gasteiger partial charge in [0.15, 0.2) is 0 Å². The second-order valence-electron chi connectivity index (χ2n) is 9.26. The molecule has 1 atom stereocenters. The number of benzene rings is 2. The highest BCUT2D eigenvalue weighted by atomic mass is 19.1. The number of amides is 2. The molecule has 2 heterocycles. The third-order valence-corrected chi connectivity index (χ3v) is 6.50. The lowest BCUT2D eigenvalue weighted by atomic mass is 9.96. The topological polar surface area (TPSA) is 68.3 Å². The molecule has 2 aromatic carbocycles. The van der Waals surface area contributed by atoms with Crippen LogP contribution in [0.15, 0.2) is 48.5 Å². The zero-order valence-electron chi connectivity index (χ0n) is 20.3. The van der Waals surface area contributed by atoms with Crippen molar-refractivity contribution in [2.45, 2.75) is 37.7 Å². The highest BCUT2D eigenvalue weighted by molar-refractivity contribution is 5.79. The number of piperidine rings is 1. The van der Waals surface area contributed by atoms with Gasteiger partial charge in [-0.15, -0.1) is 0 Å². The molecular weight excluding hydrogens is 470 g/mol. The normalized spacial score (nSPS) is 20.2. The minimum atomic E-state index is -1.02. The average Bonchev–Trinajstić information content (AvgIpc) is 2.90. The molecule has 0 saturated carbocycles. The molecule has 194 valence electrons. The Morgan fingerprint density at radius 1 is 0.806 bits per heavy atom. The predicted molar refractivity (Wildman–Crippen MR) is 129 cm³/mol. The first kappa shape index (κ1) is 25.9. The molecule has 2 fully saturated rings. The lowest BCUT2D eigenvalue weighted by Gasteiger charge is -2.43. The van der Waals surface area contributed by atoms with E-state index >= 15 is 0 Å². The summed E-state index contributed by atoms with van der Waals surface area (Å²) in [5.41, 5.74) is -1.02. The van der Waals surface area contributed by atoms with Crippen molar-refractivity contribution in [3.8, 4) is 11.5 Å².